The summed E-state index contributed by atoms with van der Waals surface area (Å²) in [4.78, 5) is 2.19. The molecule has 1 saturated heterocycles. The highest BCUT2D eigenvalue weighted by Crippen LogP contribution is 2.22. The maximum Gasteiger partial charge on any atom is 0.101 e. The molecular weight excluding hydrogens is 186 g/mol. The molecule has 0 saturated carbocycles. The maximum absolute atomic E-state index is 9.07. The highest BCUT2D eigenvalue weighted by Gasteiger charge is 2.23. The van der Waals surface area contributed by atoms with E-state index in [1.165, 1.54) is 0 Å². The first-order chi connectivity index (χ1) is 7.22. The van der Waals surface area contributed by atoms with Crippen LogP contribution in [0.3, 0.4) is 0 Å². The van der Waals surface area contributed by atoms with Crippen LogP contribution in [0, 0.1) is 18.3 Å². The van der Waals surface area contributed by atoms with Gasteiger partial charge in [-0.1, -0.05) is 6.07 Å². The number of aryl methyl sites for hydroxylation is 1. The van der Waals surface area contributed by atoms with Gasteiger partial charge in [-0.3, -0.25) is 0 Å². The van der Waals surface area contributed by atoms with Gasteiger partial charge in [-0.25, -0.2) is 0 Å². The van der Waals surface area contributed by atoms with Crippen LogP contribution in [0.1, 0.15) is 11.1 Å². The number of anilines is 1. The van der Waals surface area contributed by atoms with Crippen molar-refractivity contribution < 1.29 is 0 Å². The van der Waals surface area contributed by atoms with Crippen LogP contribution in [0.25, 0.3) is 0 Å². The molecule has 1 N–H and O–H groups in total. The fraction of sp³-hybridized carbons (Fsp3) is 0.417. The third-order valence-corrected chi connectivity index (χ3v) is 2.96. The van der Waals surface area contributed by atoms with Crippen molar-refractivity contribution in [2.45, 2.75) is 13.0 Å². The zero-order valence-electron chi connectivity index (χ0n) is 9.12. The number of nitrogens with one attached hydrogen (secondary N) is 1. The third kappa shape index (κ3) is 1.81. The van der Waals surface area contributed by atoms with Gasteiger partial charge in [0, 0.05) is 20.1 Å². The van der Waals surface area contributed by atoms with E-state index in [4.69, 9.17) is 5.26 Å². The first-order valence-corrected chi connectivity index (χ1v) is 5.16. The summed E-state index contributed by atoms with van der Waals surface area (Å²) >= 11 is 0. The summed E-state index contributed by atoms with van der Waals surface area (Å²) in [6, 6.07) is 8.82. The molecule has 1 aromatic rings. The summed E-state index contributed by atoms with van der Waals surface area (Å²) in [6.45, 7) is 4.03. The zero-order chi connectivity index (χ0) is 10.8. The fourth-order valence-electron chi connectivity index (χ4n) is 1.79. The highest BCUT2D eigenvalue weighted by atomic mass is 15.2. The van der Waals surface area contributed by atoms with Gasteiger partial charge in [0.1, 0.15) is 6.07 Å². The molecule has 3 heteroatoms. The summed E-state index contributed by atoms with van der Waals surface area (Å²) < 4.78 is 0. The van der Waals surface area contributed by atoms with Gasteiger partial charge in [0.25, 0.3) is 0 Å². The van der Waals surface area contributed by atoms with Gasteiger partial charge in [0.2, 0.25) is 0 Å². The van der Waals surface area contributed by atoms with Crippen LogP contribution in [-0.2, 0) is 0 Å². The number of hydrogen-bond donors (Lipinski definition) is 1. The van der Waals surface area contributed by atoms with Gasteiger partial charge in [-0.05, 0) is 24.6 Å². The van der Waals surface area contributed by atoms with E-state index in [-0.39, 0.29) is 0 Å². The maximum atomic E-state index is 9.07. The van der Waals surface area contributed by atoms with Crippen molar-refractivity contribution in [2.75, 3.05) is 25.0 Å². The molecule has 1 fully saturated rings. The number of nitriles is 1. The minimum Gasteiger partial charge on any atom is -0.368 e. The van der Waals surface area contributed by atoms with Crippen LogP contribution < -0.4 is 10.2 Å². The van der Waals surface area contributed by atoms with Crippen molar-refractivity contribution in [3.63, 3.8) is 0 Å². The fourth-order valence-corrected chi connectivity index (χ4v) is 1.79. The molecule has 0 atom stereocenters. The highest BCUT2D eigenvalue weighted by molar-refractivity contribution is 5.60. The Morgan fingerprint density at radius 3 is 2.73 bits per heavy atom. The van der Waals surface area contributed by atoms with Crippen LogP contribution in [0.2, 0.25) is 0 Å². The molecule has 15 heavy (non-hydrogen) atoms. The van der Waals surface area contributed by atoms with Crippen molar-refractivity contribution in [1.29, 1.82) is 5.26 Å². The molecule has 0 spiro atoms. The zero-order valence-corrected chi connectivity index (χ0v) is 9.12. The lowest BCUT2D eigenvalue weighted by Gasteiger charge is -2.37. The Morgan fingerprint density at radius 1 is 1.47 bits per heavy atom. The first kappa shape index (κ1) is 10.0. The number of rotatable bonds is 2. The van der Waals surface area contributed by atoms with E-state index in [1.54, 1.807) is 0 Å². The quantitative estimate of drug-likeness (QED) is 0.783. The average molecular weight is 201 g/mol. The molecule has 3 nitrogen and oxygen atoms in total. The second-order valence-corrected chi connectivity index (χ2v) is 4.06. The molecule has 1 heterocycles. The summed E-state index contributed by atoms with van der Waals surface area (Å²) in [5.41, 5.74) is 2.94. The van der Waals surface area contributed by atoms with E-state index in [0.29, 0.717) is 6.04 Å². The average Bonchev–Trinajstić information content (AvgIpc) is 2.14. The topological polar surface area (TPSA) is 39.1 Å². The van der Waals surface area contributed by atoms with Gasteiger partial charge in [-0.2, -0.15) is 5.26 Å². The number of nitrogens with zero attached hydrogens (tertiary/aromatic N) is 2. The molecule has 1 aliphatic heterocycles. The Kier molecular flexibility index (Phi) is 2.61. The van der Waals surface area contributed by atoms with E-state index in [1.807, 2.05) is 19.1 Å². The van der Waals surface area contributed by atoms with E-state index in [9.17, 15) is 0 Å². The molecule has 1 aliphatic rings. The van der Waals surface area contributed by atoms with Crippen LogP contribution >= 0.6 is 0 Å². The second kappa shape index (κ2) is 3.92. The largest absolute Gasteiger partial charge is 0.368 e. The van der Waals surface area contributed by atoms with Crippen LogP contribution in [0.4, 0.5) is 5.69 Å². The monoisotopic (exact) mass is 201 g/mol. The summed E-state index contributed by atoms with van der Waals surface area (Å²) in [5.74, 6) is 0. The van der Waals surface area contributed by atoms with E-state index in [0.717, 1.165) is 29.9 Å². The van der Waals surface area contributed by atoms with Crippen molar-refractivity contribution in [3.8, 4) is 6.07 Å². The molecule has 0 radical (unpaired) electrons. The van der Waals surface area contributed by atoms with Crippen LogP contribution in [0.5, 0.6) is 0 Å². The molecule has 0 aromatic heterocycles. The predicted octanol–water partition coefficient (Wildman–Crippen LogP) is 1.27. The van der Waals surface area contributed by atoms with E-state index < -0.39 is 0 Å². The molecule has 0 bridgehead atoms. The van der Waals surface area contributed by atoms with E-state index in [2.05, 4.69) is 29.4 Å². The molecule has 1 aromatic carbocycles. The Hall–Kier alpha value is -1.53. The summed E-state index contributed by atoms with van der Waals surface area (Å²) in [7, 11) is 2.05. The van der Waals surface area contributed by atoms with Crippen LogP contribution in [-0.4, -0.2) is 26.2 Å². The third-order valence-electron chi connectivity index (χ3n) is 2.96. The Labute approximate surface area is 90.3 Å². The number of hydrogen-bond acceptors (Lipinski definition) is 3. The lowest BCUT2D eigenvalue weighted by molar-refractivity contribution is 0.428. The number of likely N-dealkylation sites (N-methyl/N-ethyl adjacent to an activating group) is 1. The Morgan fingerprint density at radius 2 is 2.20 bits per heavy atom. The predicted molar refractivity (Wildman–Crippen MR) is 61.0 cm³/mol. The lowest BCUT2D eigenvalue weighted by atomic mass is 10.1. The summed E-state index contributed by atoms with van der Waals surface area (Å²) in [5, 5.41) is 12.3. The minimum absolute atomic E-state index is 0.528. The van der Waals surface area contributed by atoms with Gasteiger partial charge in [-0.15, -0.1) is 0 Å². The summed E-state index contributed by atoms with van der Waals surface area (Å²) in [6.07, 6.45) is 0. The smallest absolute Gasteiger partial charge is 0.101 e. The Bertz CT molecular complexity index is 402. The standard InChI is InChI=1S/C12H15N3/c1-9-3-4-12(10(5-9)6-13)15(2)11-7-14-8-11/h3-5,11,14H,7-8H2,1-2H3. The molecule has 0 aliphatic carbocycles. The van der Waals surface area contributed by atoms with Gasteiger partial charge < -0.3 is 10.2 Å². The van der Waals surface area contributed by atoms with Gasteiger partial charge in [0.15, 0.2) is 0 Å². The second-order valence-electron chi connectivity index (χ2n) is 4.06. The van der Waals surface area contributed by atoms with E-state index >= 15 is 0 Å². The normalized spacial score (nSPS) is 15.5. The van der Waals surface area contributed by atoms with Crippen LogP contribution in [0.15, 0.2) is 18.2 Å². The van der Waals surface area contributed by atoms with Crippen molar-refractivity contribution in [1.82, 2.24) is 5.32 Å². The molecule has 0 unspecified atom stereocenters. The molecule has 78 valence electrons. The van der Waals surface area contributed by atoms with Crippen molar-refractivity contribution in [2.24, 2.45) is 0 Å². The first-order valence-electron chi connectivity index (χ1n) is 5.16. The minimum atomic E-state index is 0.528. The van der Waals surface area contributed by atoms with Crippen molar-refractivity contribution in [3.05, 3.63) is 29.3 Å². The SMILES string of the molecule is Cc1ccc(N(C)C2CNC2)c(C#N)c1. The Balaban J connectivity index is 2.30. The molecule has 0 amide bonds. The van der Waals surface area contributed by atoms with Crippen molar-refractivity contribution >= 4 is 5.69 Å². The molecule has 2 rings (SSSR count). The van der Waals surface area contributed by atoms with Gasteiger partial charge >= 0.3 is 0 Å². The number of benzene rings is 1. The van der Waals surface area contributed by atoms with Gasteiger partial charge in [0.05, 0.1) is 17.3 Å². The lowest BCUT2D eigenvalue weighted by Crippen LogP contribution is -2.56. The molecular formula is C12H15N3.